The number of aliphatic hydroxyl groups excluding tert-OH is 2. The smallest absolute Gasteiger partial charge is 0.0577 e. The number of aliphatic hydroxyl groups is 2. The summed E-state index contributed by atoms with van der Waals surface area (Å²) in [5.74, 6) is 5.39. The van der Waals surface area contributed by atoms with E-state index in [0.717, 1.165) is 49.4 Å². The van der Waals surface area contributed by atoms with Gasteiger partial charge >= 0.3 is 0 Å². The second-order valence-corrected chi connectivity index (χ2v) is 13.0. The van der Waals surface area contributed by atoms with E-state index < -0.39 is 0 Å². The van der Waals surface area contributed by atoms with E-state index in [1.54, 1.807) is 0 Å². The average Bonchev–Trinajstić information content (AvgIpc) is 3.07. The van der Waals surface area contributed by atoms with E-state index in [9.17, 15) is 10.2 Å². The molecule has 2 heteroatoms. The summed E-state index contributed by atoms with van der Waals surface area (Å²) in [6.45, 7) is 14.6. The molecule has 4 rings (SSSR count). The van der Waals surface area contributed by atoms with E-state index in [1.807, 2.05) is 0 Å². The van der Waals surface area contributed by atoms with Gasteiger partial charge in [-0.3, -0.25) is 0 Å². The summed E-state index contributed by atoms with van der Waals surface area (Å²) in [6.07, 6.45) is 15.2. The molecule has 0 saturated heterocycles. The van der Waals surface area contributed by atoms with Gasteiger partial charge in [0.15, 0.2) is 0 Å². The number of allylic oxidation sites excluding steroid dienone is 2. The highest BCUT2D eigenvalue weighted by molar-refractivity contribution is 5.12. The van der Waals surface area contributed by atoms with Gasteiger partial charge in [-0.15, -0.1) is 0 Å². The molecule has 0 heterocycles. The molecule has 4 aliphatic rings. The Labute approximate surface area is 192 Å². The Morgan fingerprint density at radius 2 is 1.52 bits per heavy atom. The molecule has 11 atom stereocenters. The Morgan fingerprint density at radius 3 is 2.19 bits per heavy atom. The molecular formula is C29H50O2. The van der Waals surface area contributed by atoms with E-state index in [4.69, 9.17) is 0 Å². The topological polar surface area (TPSA) is 40.5 Å². The predicted octanol–water partition coefficient (Wildman–Crippen LogP) is 6.85. The van der Waals surface area contributed by atoms with Gasteiger partial charge in [-0.1, -0.05) is 53.7 Å². The molecule has 0 amide bonds. The van der Waals surface area contributed by atoms with Gasteiger partial charge in [-0.25, -0.2) is 0 Å². The van der Waals surface area contributed by atoms with Gasteiger partial charge in [-0.2, -0.15) is 0 Å². The Balaban J connectivity index is 1.53. The predicted molar refractivity (Wildman–Crippen MR) is 130 cm³/mol. The minimum atomic E-state index is -0.212. The maximum atomic E-state index is 11.2. The molecule has 2 N–H and O–H groups in total. The summed E-state index contributed by atoms with van der Waals surface area (Å²) < 4.78 is 0. The van der Waals surface area contributed by atoms with Crippen LogP contribution in [0, 0.1) is 58.2 Å². The molecule has 0 aromatic rings. The van der Waals surface area contributed by atoms with Crippen LogP contribution in [-0.2, 0) is 0 Å². The third kappa shape index (κ3) is 3.96. The maximum Gasteiger partial charge on any atom is 0.0577 e. The molecule has 0 aliphatic heterocycles. The van der Waals surface area contributed by atoms with Crippen molar-refractivity contribution in [3.63, 3.8) is 0 Å². The average molecular weight is 431 g/mol. The van der Waals surface area contributed by atoms with Gasteiger partial charge < -0.3 is 10.2 Å². The molecule has 0 spiro atoms. The van der Waals surface area contributed by atoms with E-state index >= 15 is 0 Å². The van der Waals surface area contributed by atoms with Crippen molar-refractivity contribution in [3.05, 3.63) is 12.2 Å². The molecule has 4 saturated carbocycles. The standard InChI is InChI=1S/C29H50O2/c1-7-20(18(2)3)9-8-19(4)23-10-11-24-22-17-27(31)26-16-21(30)12-14-29(26,6)25(22)13-15-28(23,24)5/h8-9,18-27,30-31H,7,10-17H2,1-6H3/b9-8+/t19-,20+,21+,22+,23-,24+,25+,26-,27-,28-,29-/m1/s1. The van der Waals surface area contributed by atoms with Crippen molar-refractivity contribution in [2.24, 2.45) is 58.2 Å². The number of rotatable bonds is 5. The lowest BCUT2D eigenvalue weighted by Crippen LogP contribution is -2.58. The molecule has 2 nitrogen and oxygen atoms in total. The van der Waals surface area contributed by atoms with Crippen molar-refractivity contribution in [2.75, 3.05) is 0 Å². The fourth-order valence-electron chi connectivity index (χ4n) is 9.46. The summed E-state index contributed by atoms with van der Waals surface area (Å²) in [5.41, 5.74) is 0.666. The van der Waals surface area contributed by atoms with Crippen molar-refractivity contribution in [3.8, 4) is 0 Å². The van der Waals surface area contributed by atoms with Crippen molar-refractivity contribution in [1.82, 2.24) is 0 Å². The molecule has 0 unspecified atom stereocenters. The van der Waals surface area contributed by atoms with Crippen LogP contribution >= 0.6 is 0 Å². The van der Waals surface area contributed by atoms with Crippen LogP contribution in [0.5, 0.6) is 0 Å². The van der Waals surface area contributed by atoms with Gasteiger partial charge in [0.05, 0.1) is 12.2 Å². The van der Waals surface area contributed by atoms with Crippen LogP contribution in [0.25, 0.3) is 0 Å². The van der Waals surface area contributed by atoms with Gasteiger partial charge in [0.25, 0.3) is 0 Å². The van der Waals surface area contributed by atoms with Crippen LogP contribution in [0.3, 0.4) is 0 Å². The third-order valence-electron chi connectivity index (χ3n) is 11.3. The Hall–Kier alpha value is -0.340. The first-order chi connectivity index (χ1) is 14.6. The second kappa shape index (κ2) is 8.79. The first kappa shape index (κ1) is 23.8. The van der Waals surface area contributed by atoms with Crippen molar-refractivity contribution < 1.29 is 10.2 Å². The molecule has 31 heavy (non-hydrogen) atoms. The number of hydrogen-bond acceptors (Lipinski definition) is 2. The molecule has 0 bridgehead atoms. The molecule has 4 aliphatic carbocycles. The molecule has 0 aromatic carbocycles. The molecule has 0 radical (unpaired) electrons. The highest BCUT2D eigenvalue weighted by Gasteiger charge is 2.62. The summed E-state index contributed by atoms with van der Waals surface area (Å²) in [7, 11) is 0. The summed E-state index contributed by atoms with van der Waals surface area (Å²) in [4.78, 5) is 0. The van der Waals surface area contributed by atoms with Crippen molar-refractivity contribution >= 4 is 0 Å². The van der Waals surface area contributed by atoms with Crippen LogP contribution in [0.2, 0.25) is 0 Å². The number of hydrogen-bond donors (Lipinski definition) is 2. The van der Waals surface area contributed by atoms with Gasteiger partial charge in [-0.05, 0) is 116 Å². The number of fused-ring (bicyclic) bond motifs is 5. The third-order valence-corrected chi connectivity index (χ3v) is 11.3. The minimum absolute atomic E-state index is 0.195. The maximum absolute atomic E-state index is 11.2. The zero-order valence-corrected chi connectivity index (χ0v) is 21.2. The Bertz CT molecular complexity index is 655. The lowest BCUT2D eigenvalue weighted by atomic mass is 9.44. The van der Waals surface area contributed by atoms with E-state index in [2.05, 4.69) is 53.7 Å². The fraction of sp³-hybridized carbons (Fsp3) is 0.931. The molecular weight excluding hydrogens is 380 g/mol. The summed E-state index contributed by atoms with van der Waals surface area (Å²) >= 11 is 0. The second-order valence-electron chi connectivity index (χ2n) is 13.0. The highest BCUT2D eigenvalue weighted by Crippen LogP contribution is 2.68. The van der Waals surface area contributed by atoms with Crippen LogP contribution < -0.4 is 0 Å². The van der Waals surface area contributed by atoms with Crippen molar-refractivity contribution in [2.45, 2.75) is 112 Å². The first-order valence-electron chi connectivity index (χ1n) is 13.7. The van der Waals surface area contributed by atoms with Gasteiger partial charge in [0, 0.05) is 0 Å². The van der Waals surface area contributed by atoms with Crippen LogP contribution in [0.4, 0.5) is 0 Å². The normalized spacial score (nSPS) is 49.5. The van der Waals surface area contributed by atoms with Crippen molar-refractivity contribution in [1.29, 1.82) is 0 Å². The molecule has 4 fully saturated rings. The minimum Gasteiger partial charge on any atom is -0.393 e. The van der Waals surface area contributed by atoms with Crippen LogP contribution in [0.1, 0.15) is 99.3 Å². The van der Waals surface area contributed by atoms with Crippen LogP contribution in [-0.4, -0.2) is 22.4 Å². The lowest BCUT2D eigenvalue weighted by Gasteiger charge is -2.62. The monoisotopic (exact) mass is 430 g/mol. The fourth-order valence-corrected chi connectivity index (χ4v) is 9.46. The quantitative estimate of drug-likeness (QED) is 0.468. The zero-order chi connectivity index (χ0) is 22.6. The van der Waals surface area contributed by atoms with Crippen LogP contribution in [0.15, 0.2) is 12.2 Å². The molecule has 178 valence electrons. The zero-order valence-electron chi connectivity index (χ0n) is 21.2. The first-order valence-corrected chi connectivity index (χ1v) is 13.7. The highest BCUT2D eigenvalue weighted by atomic mass is 16.3. The summed E-state index contributed by atoms with van der Waals surface area (Å²) in [5, 5.41) is 21.5. The Kier molecular flexibility index (Phi) is 6.75. The summed E-state index contributed by atoms with van der Waals surface area (Å²) in [6, 6.07) is 0. The van der Waals surface area contributed by atoms with Gasteiger partial charge in [0.2, 0.25) is 0 Å². The SMILES string of the molecule is CC[C@@H](/C=C/[C@@H](C)[C@H]1CC[C@H]2[C@@H]3C[C@@H](O)[C@H]4C[C@@H](O)CC[C@]4(C)[C@H]3CC[C@]12C)C(C)C. The lowest BCUT2D eigenvalue weighted by molar-refractivity contribution is -0.171. The van der Waals surface area contributed by atoms with E-state index in [1.165, 1.54) is 32.1 Å². The molecule has 0 aromatic heterocycles. The Morgan fingerprint density at radius 1 is 0.839 bits per heavy atom. The van der Waals surface area contributed by atoms with E-state index in [-0.39, 0.29) is 17.6 Å². The largest absolute Gasteiger partial charge is 0.393 e. The van der Waals surface area contributed by atoms with E-state index in [0.29, 0.717) is 29.1 Å². The van der Waals surface area contributed by atoms with Gasteiger partial charge in [0.1, 0.15) is 0 Å².